The molecule has 5 heteroatoms. The van der Waals surface area contributed by atoms with Gasteiger partial charge in [-0.3, -0.25) is 9.18 Å². The lowest BCUT2D eigenvalue weighted by atomic mass is 10.2. The quantitative estimate of drug-likeness (QED) is 0.560. The van der Waals surface area contributed by atoms with E-state index < -0.39 is 24.1 Å². The molecule has 0 fully saturated rings. The fraction of sp³-hybridized carbons (Fsp3) is 0.300. The molecule has 1 rings (SSSR count). The van der Waals surface area contributed by atoms with Gasteiger partial charge in [0.2, 0.25) is 0 Å². The van der Waals surface area contributed by atoms with Crippen molar-refractivity contribution in [3.8, 4) is 5.75 Å². The summed E-state index contributed by atoms with van der Waals surface area (Å²) >= 11 is 0. The van der Waals surface area contributed by atoms with Crippen LogP contribution in [0, 0.1) is 11.6 Å². The molecule has 0 spiro atoms. The first-order chi connectivity index (χ1) is 7.19. The molecular formula is C10H9F3O2. The normalized spacial score (nSPS) is 10.1. The highest BCUT2D eigenvalue weighted by atomic mass is 19.1. The van der Waals surface area contributed by atoms with Crippen molar-refractivity contribution in [2.24, 2.45) is 0 Å². The molecule has 0 saturated heterocycles. The maximum absolute atomic E-state index is 13.1. The van der Waals surface area contributed by atoms with Crippen molar-refractivity contribution in [1.29, 1.82) is 0 Å². The first kappa shape index (κ1) is 11.6. The van der Waals surface area contributed by atoms with Crippen LogP contribution in [0.1, 0.15) is 16.8 Å². The summed E-state index contributed by atoms with van der Waals surface area (Å²) in [6, 6.07) is 1.72. The molecular weight excluding hydrogens is 209 g/mol. The van der Waals surface area contributed by atoms with Gasteiger partial charge in [0.05, 0.1) is 13.3 Å². The van der Waals surface area contributed by atoms with Crippen LogP contribution < -0.4 is 4.74 Å². The molecule has 2 nitrogen and oxygen atoms in total. The lowest BCUT2D eigenvalue weighted by Gasteiger charge is -2.07. The van der Waals surface area contributed by atoms with E-state index in [0.717, 1.165) is 12.1 Å². The molecule has 0 radical (unpaired) electrons. The van der Waals surface area contributed by atoms with E-state index in [4.69, 9.17) is 4.74 Å². The van der Waals surface area contributed by atoms with Crippen molar-refractivity contribution in [1.82, 2.24) is 0 Å². The first-order valence-corrected chi connectivity index (χ1v) is 4.32. The second-order valence-electron chi connectivity index (χ2n) is 2.82. The van der Waals surface area contributed by atoms with Gasteiger partial charge in [0.1, 0.15) is 6.29 Å². The molecule has 82 valence electrons. The molecule has 0 atom stereocenters. The highest BCUT2D eigenvalue weighted by Crippen LogP contribution is 2.22. The number of rotatable bonds is 5. The minimum absolute atomic E-state index is 0.0638. The molecule has 0 aliphatic rings. The van der Waals surface area contributed by atoms with E-state index in [9.17, 15) is 18.0 Å². The zero-order chi connectivity index (χ0) is 11.3. The third kappa shape index (κ3) is 2.97. The van der Waals surface area contributed by atoms with Gasteiger partial charge in [-0.2, -0.15) is 0 Å². The van der Waals surface area contributed by atoms with E-state index in [1.54, 1.807) is 0 Å². The molecule has 0 saturated carbocycles. The van der Waals surface area contributed by atoms with Gasteiger partial charge in [0, 0.05) is 12.0 Å². The molecule has 1 aromatic carbocycles. The molecule has 0 bridgehead atoms. The molecule has 0 unspecified atom stereocenters. The standard InChI is InChI=1S/C10H9F3O2/c11-2-1-3-15-10-8(12)4-7(6-14)5-9(10)13/h4-6H,1-3H2. The van der Waals surface area contributed by atoms with Crippen molar-refractivity contribution in [3.05, 3.63) is 29.3 Å². The SMILES string of the molecule is O=Cc1cc(F)c(OCCCF)c(F)c1. The van der Waals surface area contributed by atoms with Gasteiger partial charge in [-0.25, -0.2) is 8.78 Å². The number of aldehydes is 1. The van der Waals surface area contributed by atoms with E-state index in [0.29, 0.717) is 6.29 Å². The van der Waals surface area contributed by atoms with E-state index in [1.807, 2.05) is 0 Å². The smallest absolute Gasteiger partial charge is 0.190 e. The first-order valence-electron chi connectivity index (χ1n) is 4.32. The number of halogens is 3. The number of carbonyl (C=O) groups is 1. The summed E-state index contributed by atoms with van der Waals surface area (Å²) in [6.07, 6.45) is 0.395. The predicted molar refractivity (Wildman–Crippen MR) is 47.8 cm³/mol. The Hall–Kier alpha value is -1.52. The highest BCUT2D eigenvalue weighted by Gasteiger charge is 2.12. The number of hydrogen-bond donors (Lipinski definition) is 0. The number of benzene rings is 1. The fourth-order valence-electron chi connectivity index (χ4n) is 1.01. The van der Waals surface area contributed by atoms with Gasteiger partial charge in [-0.1, -0.05) is 0 Å². The van der Waals surface area contributed by atoms with Gasteiger partial charge in [-0.05, 0) is 12.1 Å². The molecule has 0 aliphatic carbocycles. The van der Waals surface area contributed by atoms with Gasteiger partial charge < -0.3 is 4.74 Å². The second-order valence-corrected chi connectivity index (χ2v) is 2.82. The molecule has 0 aromatic heterocycles. The molecule has 0 N–H and O–H groups in total. The van der Waals surface area contributed by atoms with E-state index in [-0.39, 0.29) is 18.6 Å². The summed E-state index contributed by atoms with van der Waals surface area (Å²) < 4.78 is 42.6. The fourth-order valence-corrected chi connectivity index (χ4v) is 1.01. The summed E-state index contributed by atoms with van der Waals surface area (Å²) in [7, 11) is 0. The van der Waals surface area contributed by atoms with Crippen LogP contribution >= 0.6 is 0 Å². The monoisotopic (exact) mass is 218 g/mol. The molecule has 0 heterocycles. The van der Waals surface area contributed by atoms with Crippen LogP contribution in [0.5, 0.6) is 5.75 Å². The summed E-state index contributed by atoms with van der Waals surface area (Å²) in [5.41, 5.74) is -0.108. The zero-order valence-corrected chi connectivity index (χ0v) is 7.80. The van der Waals surface area contributed by atoms with E-state index in [2.05, 4.69) is 0 Å². The van der Waals surface area contributed by atoms with E-state index >= 15 is 0 Å². The van der Waals surface area contributed by atoms with Crippen LogP contribution in [0.25, 0.3) is 0 Å². The number of alkyl halides is 1. The van der Waals surface area contributed by atoms with Crippen LogP contribution in [-0.2, 0) is 0 Å². The third-order valence-electron chi connectivity index (χ3n) is 1.68. The van der Waals surface area contributed by atoms with Crippen LogP contribution in [0.3, 0.4) is 0 Å². The third-order valence-corrected chi connectivity index (χ3v) is 1.68. The molecule has 1 aromatic rings. The summed E-state index contributed by atoms with van der Waals surface area (Å²) in [6.45, 7) is -0.722. The van der Waals surface area contributed by atoms with Crippen molar-refractivity contribution in [3.63, 3.8) is 0 Å². The summed E-state index contributed by atoms with van der Waals surface area (Å²) in [5, 5.41) is 0. The number of hydrogen-bond acceptors (Lipinski definition) is 2. The van der Waals surface area contributed by atoms with Crippen LogP contribution in [0.4, 0.5) is 13.2 Å². The molecule has 0 amide bonds. The Morgan fingerprint density at radius 1 is 1.27 bits per heavy atom. The number of ether oxygens (including phenoxy) is 1. The Morgan fingerprint density at radius 2 is 1.87 bits per heavy atom. The van der Waals surface area contributed by atoms with Gasteiger partial charge in [0.25, 0.3) is 0 Å². The number of carbonyl (C=O) groups excluding carboxylic acids is 1. The van der Waals surface area contributed by atoms with Crippen molar-refractivity contribution in [2.45, 2.75) is 6.42 Å². The van der Waals surface area contributed by atoms with Gasteiger partial charge in [0.15, 0.2) is 17.4 Å². The Labute approximate surface area is 84.7 Å². The maximum Gasteiger partial charge on any atom is 0.190 e. The Kier molecular flexibility index (Phi) is 4.15. The van der Waals surface area contributed by atoms with E-state index in [1.165, 1.54) is 0 Å². The average Bonchev–Trinajstić information content (AvgIpc) is 2.22. The Balaban J connectivity index is 2.83. The van der Waals surface area contributed by atoms with Crippen molar-refractivity contribution < 1.29 is 22.7 Å². The zero-order valence-electron chi connectivity index (χ0n) is 7.80. The average molecular weight is 218 g/mol. The largest absolute Gasteiger partial charge is 0.488 e. The van der Waals surface area contributed by atoms with Crippen LogP contribution in [-0.4, -0.2) is 19.6 Å². The highest BCUT2D eigenvalue weighted by molar-refractivity contribution is 5.75. The maximum atomic E-state index is 13.1. The second kappa shape index (κ2) is 5.38. The van der Waals surface area contributed by atoms with Crippen molar-refractivity contribution >= 4 is 6.29 Å². The molecule has 15 heavy (non-hydrogen) atoms. The minimum Gasteiger partial charge on any atom is -0.488 e. The minimum atomic E-state index is -0.962. The topological polar surface area (TPSA) is 26.3 Å². The Morgan fingerprint density at radius 3 is 2.33 bits per heavy atom. The molecule has 0 aliphatic heterocycles. The summed E-state index contributed by atoms with van der Waals surface area (Å²) in [4.78, 5) is 10.3. The lowest BCUT2D eigenvalue weighted by Crippen LogP contribution is -2.03. The van der Waals surface area contributed by atoms with Crippen LogP contribution in [0.15, 0.2) is 12.1 Å². The predicted octanol–water partition coefficient (Wildman–Crippen LogP) is 2.52. The lowest BCUT2D eigenvalue weighted by molar-refractivity contribution is 0.112. The van der Waals surface area contributed by atoms with Crippen molar-refractivity contribution in [2.75, 3.05) is 13.3 Å². The van der Waals surface area contributed by atoms with Gasteiger partial charge in [-0.15, -0.1) is 0 Å². The summed E-state index contributed by atoms with van der Waals surface area (Å²) in [5.74, 6) is -2.50. The Bertz CT molecular complexity index is 330. The van der Waals surface area contributed by atoms with Crippen LogP contribution in [0.2, 0.25) is 0 Å². The van der Waals surface area contributed by atoms with Gasteiger partial charge >= 0.3 is 0 Å².